The molecule has 0 aliphatic carbocycles. The smallest absolute Gasteiger partial charge is 0.270 e. The van der Waals surface area contributed by atoms with Gasteiger partial charge in [-0.05, 0) is 26.0 Å². The lowest BCUT2D eigenvalue weighted by atomic mass is 10.2. The zero-order valence-electron chi connectivity index (χ0n) is 10.5. The first-order chi connectivity index (χ1) is 8.49. The molecule has 4 nitrogen and oxygen atoms in total. The van der Waals surface area contributed by atoms with Crippen LogP contribution in [-0.4, -0.2) is 23.0 Å². The average Bonchev–Trinajstić information content (AvgIpc) is 2.66. The maximum atomic E-state index is 12.3. The van der Waals surface area contributed by atoms with Crippen LogP contribution in [0.4, 0.5) is 5.69 Å². The molecule has 1 N–H and O–H groups in total. The van der Waals surface area contributed by atoms with Crippen LogP contribution < -0.4 is 4.90 Å². The van der Waals surface area contributed by atoms with E-state index in [1.165, 1.54) is 16.2 Å². The average molecular weight is 262 g/mol. The molecule has 5 heteroatoms. The number of aryl methyl sites for hydroxylation is 2. The summed E-state index contributed by atoms with van der Waals surface area (Å²) in [5.41, 5.74) is 1.40. The predicted molar refractivity (Wildman–Crippen MR) is 72.4 cm³/mol. The number of carbonyl (C=O) groups is 1. The van der Waals surface area contributed by atoms with E-state index in [1.807, 2.05) is 13.8 Å². The summed E-state index contributed by atoms with van der Waals surface area (Å²) in [7, 11) is 1.69. The molecule has 0 spiro atoms. The van der Waals surface area contributed by atoms with E-state index < -0.39 is 0 Å². The fourth-order valence-corrected chi connectivity index (χ4v) is 2.60. The van der Waals surface area contributed by atoms with Crippen LogP contribution in [0, 0.1) is 13.8 Å². The highest BCUT2D eigenvalue weighted by Crippen LogP contribution is 2.24. The molecule has 0 unspecified atom stereocenters. The Morgan fingerprint density at radius 2 is 2.11 bits per heavy atom. The van der Waals surface area contributed by atoms with Crippen molar-refractivity contribution in [2.24, 2.45) is 0 Å². The molecule has 1 amide bonds. The van der Waals surface area contributed by atoms with E-state index in [1.54, 1.807) is 31.3 Å². The fraction of sp³-hybridized carbons (Fsp3) is 0.231. The Kier molecular flexibility index (Phi) is 3.34. The molecule has 0 atom stereocenters. The van der Waals surface area contributed by atoms with E-state index >= 15 is 0 Å². The van der Waals surface area contributed by atoms with E-state index in [4.69, 9.17) is 0 Å². The molecule has 0 aliphatic heterocycles. The summed E-state index contributed by atoms with van der Waals surface area (Å²) in [5.74, 6) is 0.0352. The number of rotatable bonds is 2. The standard InChI is InChI=1S/C13H14N2O2S/c1-8-12(18-9(2)14-8)13(17)15(3)10-5-4-6-11(16)7-10/h4-7,16H,1-3H3. The van der Waals surface area contributed by atoms with Crippen LogP contribution in [0.5, 0.6) is 5.75 Å². The zero-order valence-corrected chi connectivity index (χ0v) is 11.3. The minimum Gasteiger partial charge on any atom is -0.508 e. The van der Waals surface area contributed by atoms with Crippen molar-refractivity contribution in [1.29, 1.82) is 0 Å². The molecule has 1 aromatic carbocycles. The van der Waals surface area contributed by atoms with Gasteiger partial charge in [0.2, 0.25) is 0 Å². The monoisotopic (exact) mass is 262 g/mol. The Balaban J connectivity index is 2.32. The van der Waals surface area contributed by atoms with Crippen LogP contribution in [-0.2, 0) is 0 Å². The number of carbonyl (C=O) groups excluding carboxylic acids is 1. The van der Waals surface area contributed by atoms with Crippen molar-refractivity contribution in [3.05, 3.63) is 39.8 Å². The molecule has 0 saturated heterocycles. The number of amides is 1. The van der Waals surface area contributed by atoms with E-state index in [9.17, 15) is 9.90 Å². The molecule has 18 heavy (non-hydrogen) atoms. The molecule has 94 valence electrons. The van der Waals surface area contributed by atoms with Gasteiger partial charge in [0.1, 0.15) is 10.6 Å². The number of aromatic hydroxyl groups is 1. The minimum atomic E-state index is -0.108. The van der Waals surface area contributed by atoms with Gasteiger partial charge >= 0.3 is 0 Å². The van der Waals surface area contributed by atoms with Crippen molar-refractivity contribution in [3.63, 3.8) is 0 Å². The minimum absolute atomic E-state index is 0.108. The van der Waals surface area contributed by atoms with Gasteiger partial charge < -0.3 is 10.0 Å². The molecule has 0 bridgehead atoms. The third kappa shape index (κ3) is 2.36. The molecular weight excluding hydrogens is 248 g/mol. The Morgan fingerprint density at radius 3 is 2.67 bits per heavy atom. The van der Waals surface area contributed by atoms with Gasteiger partial charge in [0.15, 0.2) is 0 Å². The highest BCUT2D eigenvalue weighted by molar-refractivity contribution is 7.13. The maximum Gasteiger partial charge on any atom is 0.270 e. The molecular formula is C13H14N2O2S. The van der Waals surface area contributed by atoms with Crippen molar-refractivity contribution in [2.45, 2.75) is 13.8 Å². The SMILES string of the molecule is Cc1nc(C)c(C(=O)N(C)c2cccc(O)c2)s1. The van der Waals surface area contributed by atoms with Gasteiger partial charge in [-0.3, -0.25) is 4.79 Å². The van der Waals surface area contributed by atoms with Crippen molar-refractivity contribution >= 4 is 22.9 Å². The Hall–Kier alpha value is -1.88. The second kappa shape index (κ2) is 4.78. The largest absolute Gasteiger partial charge is 0.508 e. The van der Waals surface area contributed by atoms with Gasteiger partial charge in [-0.15, -0.1) is 11.3 Å². The Labute approximate surface area is 110 Å². The molecule has 1 heterocycles. The first kappa shape index (κ1) is 12.6. The zero-order chi connectivity index (χ0) is 13.3. The third-order valence-corrected chi connectivity index (χ3v) is 3.68. The molecule has 2 rings (SSSR count). The topological polar surface area (TPSA) is 53.4 Å². The molecule has 1 aromatic heterocycles. The van der Waals surface area contributed by atoms with Gasteiger partial charge in [-0.2, -0.15) is 0 Å². The first-order valence-electron chi connectivity index (χ1n) is 5.50. The summed E-state index contributed by atoms with van der Waals surface area (Å²) in [5, 5.41) is 10.3. The second-order valence-corrected chi connectivity index (χ2v) is 5.23. The van der Waals surface area contributed by atoms with Crippen LogP contribution in [0.25, 0.3) is 0 Å². The van der Waals surface area contributed by atoms with Crippen molar-refractivity contribution < 1.29 is 9.90 Å². The lowest BCUT2D eigenvalue weighted by molar-refractivity contribution is 0.0996. The summed E-state index contributed by atoms with van der Waals surface area (Å²) in [6, 6.07) is 6.62. The van der Waals surface area contributed by atoms with Gasteiger partial charge in [0.05, 0.1) is 10.7 Å². The molecule has 0 saturated carbocycles. The maximum absolute atomic E-state index is 12.3. The van der Waals surface area contributed by atoms with Gasteiger partial charge in [0, 0.05) is 18.8 Å². The Morgan fingerprint density at radius 1 is 1.39 bits per heavy atom. The molecule has 0 aliphatic rings. The summed E-state index contributed by atoms with van der Waals surface area (Å²) in [6.07, 6.45) is 0. The Bertz CT molecular complexity index is 592. The van der Waals surface area contributed by atoms with Gasteiger partial charge in [-0.25, -0.2) is 4.98 Å². The molecule has 0 fully saturated rings. The number of benzene rings is 1. The van der Waals surface area contributed by atoms with Crippen LogP contribution in [0.15, 0.2) is 24.3 Å². The van der Waals surface area contributed by atoms with Crippen LogP contribution >= 0.6 is 11.3 Å². The highest BCUT2D eigenvalue weighted by Gasteiger charge is 2.19. The van der Waals surface area contributed by atoms with E-state index in [2.05, 4.69) is 4.98 Å². The number of hydrogen-bond donors (Lipinski definition) is 1. The predicted octanol–water partition coefficient (Wildman–Crippen LogP) is 2.74. The quantitative estimate of drug-likeness (QED) is 0.905. The highest BCUT2D eigenvalue weighted by atomic mass is 32.1. The van der Waals surface area contributed by atoms with Gasteiger partial charge in [-0.1, -0.05) is 6.07 Å². The summed E-state index contributed by atoms with van der Waals surface area (Å²) < 4.78 is 0. The first-order valence-corrected chi connectivity index (χ1v) is 6.32. The number of anilines is 1. The summed E-state index contributed by atoms with van der Waals surface area (Å²) >= 11 is 1.38. The van der Waals surface area contributed by atoms with Crippen LogP contribution in [0.2, 0.25) is 0 Å². The number of nitrogens with zero attached hydrogens (tertiary/aromatic N) is 2. The summed E-state index contributed by atoms with van der Waals surface area (Å²) in [6.45, 7) is 3.70. The van der Waals surface area contributed by atoms with Crippen molar-refractivity contribution in [3.8, 4) is 5.75 Å². The lowest BCUT2D eigenvalue weighted by Crippen LogP contribution is -2.25. The number of aromatic nitrogens is 1. The third-order valence-electron chi connectivity index (χ3n) is 2.62. The van der Waals surface area contributed by atoms with Crippen LogP contribution in [0.1, 0.15) is 20.4 Å². The molecule has 0 radical (unpaired) electrons. The number of thiazole rings is 1. The van der Waals surface area contributed by atoms with Crippen molar-refractivity contribution in [2.75, 3.05) is 11.9 Å². The van der Waals surface area contributed by atoms with Crippen molar-refractivity contribution in [1.82, 2.24) is 4.98 Å². The van der Waals surface area contributed by atoms with Gasteiger partial charge in [0.25, 0.3) is 5.91 Å². The summed E-state index contributed by atoms with van der Waals surface area (Å²) in [4.78, 5) is 18.7. The van der Waals surface area contributed by atoms with E-state index in [-0.39, 0.29) is 11.7 Å². The number of phenols is 1. The normalized spacial score (nSPS) is 10.4. The van der Waals surface area contributed by atoms with E-state index in [0.29, 0.717) is 10.6 Å². The number of phenolic OH excluding ortho intramolecular Hbond substituents is 1. The second-order valence-electron chi connectivity index (χ2n) is 4.03. The van der Waals surface area contributed by atoms with E-state index in [0.717, 1.165) is 10.7 Å². The fourth-order valence-electron chi connectivity index (χ4n) is 1.70. The number of hydrogen-bond acceptors (Lipinski definition) is 4. The lowest BCUT2D eigenvalue weighted by Gasteiger charge is -2.16. The molecule has 2 aromatic rings. The van der Waals surface area contributed by atoms with Crippen LogP contribution in [0.3, 0.4) is 0 Å².